The molecule has 0 aromatic carbocycles. The molecule has 14 N–H and O–H groups in total. The van der Waals surface area contributed by atoms with Crippen molar-refractivity contribution in [2.45, 2.75) is 240 Å². The van der Waals surface area contributed by atoms with Crippen LogP contribution in [0.2, 0.25) is 0 Å². The molecule has 0 aromatic heterocycles. The van der Waals surface area contributed by atoms with E-state index in [-0.39, 0.29) is 47.4 Å². The SMILES string of the molecule is C[C@@H](CC[C@@]1(O)O[C@H]2C[C@H]3[C@@H]4CC[C@@H]5C[C@@H](O[C@@H]6O[C@H](CO[C@@H]7O[C@H](CO)[C@@H](O)[C@H](O)[C@H]7O)[C@@H](O[C@@H]7O[C@@H](C)[C@H](O)[C@@H](O)[C@H]7O)[C@H](O)[C@H]6O)CC[C@]5(C)[C@H]4CC[C@]3(C)[C@H]2[C@@H]1C)CO[C@@H]1O[C@H](CO)[C@@H](O)[C@H](O)[C@H]1O. The molecule has 0 unspecified atom stereocenters. The predicted molar refractivity (Wildman–Crippen MR) is 250 cm³/mol. The number of aliphatic hydroxyl groups excluding tert-OH is 13. The second kappa shape index (κ2) is 22.6. The Kier molecular flexibility index (Phi) is 17.6. The Balaban J connectivity index is 0.809. The van der Waals surface area contributed by atoms with Crippen LogP contribution in [0.3, 0.4) is 0 Å². The first-order chi connectivity index (χ1) is 35.0. The zero-order chi connectivity index (χ0) is 53.5. The first-order valence-electron chi connectivity index (χ1n) is 27.2. The van der Waals surface area contributed by atoms with E-state index in [1.807, 2.05) is 6.92 Å². The van der Waals surface area contributed by atoms with Crippen LogP contribution in [0.4, 0.5) is 0 Å². The molecule has 9 rings (SSSR count). The third-order valence-electron chi connectivity index (χ3n) is 20.0. The van der Waals surface area contributed by atoms with Crippen LogP contribution in [0.15, 0.2) is 0 Å². The highest BCUT2D eigenvalue weighted by molar-refractivity contribution is 5.15. The summed E-state index contributed by atoms with van der Waals surface area (Å²) in [6.45, 7) is 8.72. The van der Waals surface area contributed by atoms with Gasteiger partial charge in [-0.25, -0.2) is 0 Å². The van der Waals surface area contributed by atoms with Crippen molar-refractivity contribution in [1.82, 2.24) is 0 Å². The van der Waals surface area contributed by atoms with Crippen molar-refractivity contribution < 1.29 is 114 Å². The Labute approximate surface area is 431 Å². The van der Waals surface area contributed by atoms with Gasteiger partial charge >= 0.3 is 0 Å². The molecule has 5 saturated heterocycles. The smallest absolute Gasteiger partial charge is 0.187 e. The summed E-state index contributed by atoms with van der Waals surface area (Å²) in [4.78, 5) is 0. The van der Waals surface area contributed by atoms with Crippen molar-refractivity contribution in [3.05, 3.63) is 0 Å². The van der Waals surface area contributed by atoms with Crippen LogP contribution in [0.5, 0.6) is 0 Å². The lowest BCUT2D eigenvalue weighted by Crippen LogP contribution is -2.65. The average Bonchev–Trinajstić information content (AvgIpc) is 3.82. The summed E-state index contributed by atoms with van der Waals surface area (Å²) >= 11 is 0. The molecule has 32 atom stereocenters. The fourth-order valence-electron chi connectivity index (χ4n) is 15.5. The standard InChI is InChI=1S/C51H86O23/c1-20(18-66-45-40(61)37(58)34(55)29(16-52)70-45)8-13-51(65)21(2)32-28(74-51)15-27-25-7-6-23-14-24(9-11-49(23,4)26(25)10-12-50(27,32)5)69-48-43(64)39(60)44(73-47-42(63)36(57)33(54)22(3)68-47)31(72-48)19-67-46-41(62)38(59)35(56)30(17-53)71-46/h20-48,52-65H,6-19H2,1-5H3/t20-,21-,22-,23+,24-,25+,26-,27-,28-,29+,30+,31+,32-,33-,34+,35+,36+,37-,38-,39+,40+,41+,42+,43+,44+,45+,46+,47-,48+,49-,50-,51+/m0/s1. The predicted octanol–water partition coefficient (Wildman–Crippen LogP) is -2.93. The molecule has 9 aliphatic rings. The van der Waals surface area contributed by atoms with Gasteiger partial charge in [0.2, 0.25) is 0 Å². The third-order valence-corrected chi connectivity index (χ3v) is 20.0. The Morgan fingerprint density at radius 3 is 1.78 bits per heavy atom. The van der Waals surface area contributed by atoms with E-state index in [1.54, 1.807) is 0 Å². The largest absolute Gasteiger partial charge is 0.394 e. The molecule has 0 amide bonds. The Morgan fingerprint density at radius 2 is 1.14 bits per heavy atom. The molecular weight excluding hydrogens is 981 g/mol. The van der Waals surface area contributed by atoms with E-state index >= 15 is 0 Å². The highest BCUT2D eigenvalue weighted by atomic mass is 16.8. The molecule has 0 radical (unpaired) electrons. The van der Waals surface area contributed by atoms with E-state index in [9.17, 15) is 71.5 Å². The number of hydrogen-bond donors (Lipinski definition) is 14. The number of ether oxygens (including phenoxy) is 9. The minimum atomic E-state index is -1.77. The van der Waals surface area contributed by atoms with Gasteiger partial charge in [-0.15, -0.1) is 0 Å². The third kappa shape index (κ3) is 10.4. The Bertz CT molecular complexity index is 1850. The maximum Gasteiger partial charge on any atom is 0.187 e. The molecule has 4 saturated carbocycles. The summed E-state index contributed by atoms with van der Waals surface area (Å²) in [5.74, 6) is 0.296. The van der Waals surface area contributed by atoms with Gasteiger partial charge in [0.15, 0.2) is 30.9 Å². The highest BCUT2D eigenvalue weighted by Crippen LogP contribution is 2.71. The van der Waals surface area contributed by atoms with E-state index in [1.165, 1.54) is 6.92 Å². The van der Waals surface area contributed by atoms with Crippen LogP contribution < -0.4 is 0 Å². The molecule has 428 valence electrons. The maximum absolute atomic E-state index is 12.1. The lowest BCUT2D eigenvalue weighted by Gasteiger charge is -2.61. The highest BCUT2D eigenvalue weighted by Gasteiger charge is 2.68. The van der Waals surface area contributed by atoms with Crippen LogP contribution in [0.25, 0.3) is 0 Å². The molecular formula is C51H86O23. The van der Waals surface area contributed by atoms with E-state index in [0.29, 0.717) is 49.4 Å². The molecule has 0 bridgehead atoms. The molecule has 0 spiro atoms. The Morgan fingerprint density at radius 1 is 0.568 bits per heavy atom. The molecule has 23 nitrogen and oxygen atoms in total. The number of hydrogen-bond acceptors (Lipinski definition) is 23. The molecule has 9 fully saturated rings. The van der Waals surface area contributed by atoms with Crippen molar-refractivity contribution in [3.8, 4) is 0 Å². The molecule has 5 heterocycles. The first kappa shape index (κ1) is 57.8. The molecule has 5 aliphatic heterocycles. The van der Waals surface area contributed by atoms with E-state index in [0.717, 1.165) is 38.5 Å². The van der Waals surface area contributed by atoms with Gasteiger partial charge in [-0.2, -0.15) is 0 Å². The summed E-state index contributed by atoms with van der Waals surface area (Å²) in [5, 5.41) is 148. The number of fused-ring (bicyclic) bond motifs is 7. The minimum absolute atomic E-state index is 0.00517. The molecule has 74 heavy (non-hydrogen) atoms. The zero-order valence-electron chi connectivity index (χ0n) is 43.1. The van der Waals surface area contributed by atoms with Crippen molar-refractivity contribution in [3.63, 3.8) is 0 Å². The summed E-state index contributed by atoms with van der Waals surface area (Å²) in [6.07, 6.45) is -22.3. The summed E-state index contributed by atoms with van der Waals surface area (Å²) < 4.78 is 53.9. The van der Waals surface area contributed by atoms with Gasteiger partial charge in [-0.1, -0.05) is 27.7 Å². The van der Waals surface area contributed by atoms with E-state index < -0.39 is 148 Å². The van der Waals surface area contributed by atoms with Gasteiger partial charge in [-0.05, 0) is 111 Å². The fourth-order valence-corrected chi connectivity index (χ4v) is 15.5. The van der Waals surface area contributed by atoms with Gasteiger partial charge in [-0.3, -0.25) is 0 Å². The monoisotopic (exact) mass is 1070 g/mol. The van der Waals surface area contributed by atoms with Gasteiger partial charge in [0.05, 0.1) is 44.7 Å². The van der Waals surface area contributed by atoms with Crippen LogP contribution in [0, 0.1) is 52.3 Å². The van der Waals surface area contributed by atoms with Crippen LogP contribution in [-0.4, -0.2) is 239 Å². The zero-order valence-corrected chi connectivity index (χ0v) is 43.1. The molecule has 0 aromatic rings. The van der Waals surface area contributed by atoms with Crippen molar-refractivity contribution in [2.75, 3.05) is 26.4 Å². The fraction of sp³-hybridized carbons (Fsp3) is 1.00. The van der Waals surface area contributed by atoms with Crippen molar-refractivity contribution in [1.29, 1.82) is 0 Å². The van der Waals surface area contributed by atoms with Crippen LogP contribution in [0.1, 0.15) is 98.8 Å². The summed E-state index contributed by atoms with van der Waals surface area (Å²) in [6, 6.07) is 0. The second-order valence-electron chi connectivity index (χ2n) is 24.3. The quantitative estimate of drug-likeness (QED) is 0.0730. The first-order valence-corrected chi connectivity index (χ1v) is 27.2. The van der Waals surface area contributed by atoms with Gasteiger partial charge in [0.1, 0.15) is 91.6 Å². The average molecular weight is 1070 g/mol. The summed E-state index contributed by atoms with van der Waals surface area (Å²) in [7, 11) is 0. The minimum Gasteiger partial charge on any atom is -0.394 e. The van der Waals surface area contributed by atoms with Crippen LogP contribution >= 0.6 is 0 Å². The van der Waals surface area contributed by atoms with Gasteiger partial charge in [0.25, 0.3) is 0 Å². The topological polar surface area (TPSA) is 366 Å². The second-order valence-corrected chi connectivity index (χ2v) is 24.3. The maximum atomic E-state index is 12.1. The Hall–Kier alpha value is -0.920. The number of rotatable bonds is 15. The lowest BCUT2D eigenvalue weighted by molar-refractivity contribution is -0.369. The van der Waals surface area contributed by atoms with Crippen molar-refractivity contribution >= 4 is 0 Å². The normalized spacial score (nSPS) is 56.0. The van der Waals surface area contributed by atoms with Gasteiger partial charge < -0.3 is 114 Å². The van der Waals surface area contributed by atoms with Gasteiger partial charge in [0, 0.05) is 12.3 Å². The van der Waals surface area contributed by atoms with E-state index in [4.69, 9.17) is 42.6 Å². The van der Waals surface area contributed by atoms with E-state index in [2.05, 4.69) is 20.8 Å². The molecule has 23 heteroatoms. The number of aliphatic hydroxyl groups is 14. The summed E-state index contributed by atoms with van der Waals surface area (Å²) in [5.41, 5.74) is -0.0251. The lowest BCUT2D eigenvalue weighted by atomic mass is 9.44. The molecule has 4 aliphatic carbocycles. The van der Waals surface area contributed by atoms with Crippen LogP contribution in [-0.2, 0) is 42.6 Å². The van der Waals surface area contributed by atoms with Crippen molar-refractivity contribution in [2.24, 2.45) is 52.3 Å².